The average Bonchev–Trinajstić information content (AvgIpc) is 3.14. The number of Topliss-reactive ketones (excluding diaryl/α,β-unsaturated/α-hetero) is 1. The van der Waals surface area contributed by atoms with Gasteiger partial charge >= 0.3 is 0 Å². The van der Waals surface area contributed by atoms with Gasteiger partial charge in [-0.15, -0.1) is 0 Å². The molecule has 0 aromatic heterocycles. The molecule has 19 heavy (non-hydrogen) atoms. The molecule has 3 heteroatoms. The Hall–Kier alpha value is -0.410. The molecule has 4 fully saturated rings. The van der Waals surface area contributed by atoms with Crippen LogP contribution in [-0.4, -0.2) is 31.2 Å². The van der Waals surface area contributed by atoms with Crippen LogP contribution in [0.2, 0.25) is 0 Å². The third-order valence-electron chi connectivity index (χ3n) is 6.07. The molecule has 5 atom stereocenters. The summed E-state index contributed by atoms with van der Waals surface area (Å²) in [6.45, 7) is 2.25. The molecule has 2 saturated heterocycles. The van der Waals surface area contributed by atoms with Crippen molar-refractivity contribution < 1.29 is 14.3 Å². The molecule has 2 aliphatic carbocycles. The first-order chi connectivity index (χ1) is 9.26. The Morgan fingerprint density at radius 1 is 1.11 bits per heavy atom. The van der Waals surface area contributed by atoms with Crippen LogP contribution in [0.1, 0.15) is 44.9 Å². The number of carbonyl (C=O) groups excluding carboxylic acids is 1. The minimum Gasteiger partial charge on any atom is -0.378 e. The van der Waals surface area contributed by atoms with E-state index in [9.17, 15) is 4.79 Å². The number of hydrogen-bond acceptors (Lipinski definition) is 3. The molecule has 0 amide bonds. The zero-order chi connectivity index (χ0) is 12.9. The van der Waals surface area contributed by atoms with Crippen LogP contribution in [0.15, 0.2) is 0 Å². The highest BCUT2D eigenvalue weighted by molar-refractivity contribution is 5.84. The van der Waals surface area contributed by atoms with Gasteiger partial charge in [-0.25, -0.2) is 0 Å². The van der Waals surface area contributed by atoms with E-state index in [0.717, 1.165) is 44.3 Å². The van der Waals surface area contributed by atoms with E-state index in [2.05, 4.69) is 0 Å². The maximum atomic E-state index is 12.8. The minimum absolute atomic E-state index is 0.115. The van der Waals surface area contributed by atoms with E-state index < -0.39 is 0 Å². The second kappa shape index (κ2) is 4.56. The molecule has 4 rings (SSSR count). The van der Waals surface area contributed by atoms with Crippen LogP contribution < -0.4 is 0 Å². The zero-order valence-electron chi connectivity index (χ0n) is 11.6. The minimum atomic E-state index is -0.115. The lowest BCUT2D eigenvalue weighted by atomic mass is 9.75. The molecule has 2 heterocycles. The van der Waals surface area contributed by atoms with Crippen LogP contribution >= 0.6 is 0 Å². The third-order valence-corrected chi connectivity index (χ3v) is 6.07. The molecule has 1 spiro atoms. The van der Waals surface area contributed by atoms with E-state index in [-0.39, 0.29) is 11.5 Å². The lowest BCUT2D eigenvalue weighted by Crippen LogP contribution is -2.44. The van der Waals surface area contributed by atoms with Crippen LogP contribution in [0.3, 0.4) is 0 Å². The number of hydrogen-bond donors (Lipinski definition) is 0. The highest BCUT2D eigenvalue weighted by atomic mass is 16.6. The second-order valence-corrected chi connectivity index (χ2v) is 7.21. The topological polar surface area (TPSA) is 35.5 Å². The number of fused-ring (bicyclic) bond motifs is 2. The van der Waals surface area contributed by atoms with E-state index in [4.69, 9.17) is 9.47 Å². The summed E-state index contributed by atoms with van der Waals surface area (Å²) in [4.78, 5) is 12.8. The van der Waals surface area contributed by atoms with Gasteiger partial charge < -0.3 is 9.47 Å². The standard InChI is InChI=1S/C16H24O3/c17-15(14-8-11-1-2-12(14)7-11)13-3-5-19-16(9-13)4-6-18-10-16/h11-14H,1-10H2. The van der Waals surface area contributed by atoms with Gasteiger partial charge in [0.25, 0.3) is 0 Å². The summed E-state index contributed by atoms with van der Waals surface area (Å²) in [5, 5.41) is 0. The maximum Gasteiger partial charge on any atom is 0.139 e. The molecule has 0 N–H and O–H groups in total. The fourth-order valence-electron chi connectivity index (χ4n) is 5.03. The van der Waals surface area contributed by atoms with E-state index in [0.29, 0.717) is 18.3 Å². The van der Waals surface area contributed by atoms with Crippen molar-refractivity contribution in [2.45, 2.75) is 50.5 Å². The molecular weight excluding hydrogens is 240 g/mol. The van der Waals surface area contributed by atoms with E-state index >= 15 is 0 Å². The molecule has 3 nitrogen and oxygen atoms in total. The van der Waals surface area contributed by atoms with E-state index in [1.54, 1.807) is 0 Å². The molecule has 4 aliphatic rings. The Kier molecular flexibility index (Phi) is 2.96. The fourth-order valence-corrected chi connectivity index (χ4v) is 5.03. The first-order valence-corrected chi connectivity index (χ1v) is 8.01. The molecule has 0 aromatic rings. The predicted molar refractivity (Wildman–Crippen MR) is 70.8 cm³/mol. The van der Waals surface area contributed by atoms with Crippen molar-refractivity contribution >= 4 is 5.78 Å². The van der Waals surface area contributed by atoms with E-state index in [1.807, 2.05) is 0 Å². The van der Waals surface area contributed by atoms with Gasteiger partial charge in [0.2, 0.25) is 0 Å². The molecule has 5 unspecified atom stereocenters. The van der Waals surface area contributed by atoms with Crippen molar-refractivity contribution in [2.24, 2.45) is 23.7 Å². The summed E-state index contributed by atoms with van der Waals surface area (Å²) < 4.78 is 11.5. The molecule has 0 radical (unpaired) electrons. The Morgan fingerprint density at radius 3 is 2.74 bits per heavy atom. The van der Waals surface area contributed by atoms with Gasteiger partial charge in [-0.1, -0.05) is 6.42 Å². The lowest BCUT2D eigenvalue weighted by molar-refractivity contribution is -0.142. The van der Waals surface area contributed by atoms with Crippen molar-refractivity contribution in [3.63, 3.8) is 0 Å². The monoisotopic (exact) mass is 264 g/mol. The van der Waals surface area contributed by atoms with Gasteiger partial charge in [0, 0.05) is 31.5 Å². The van der Waals surface area contributed by atoms with Crippen molar-refractivity contribution in [2.75, 3.05) is 19.8 Å². The highest BCUT2D eigenvalue weighted by Crippen LogP contribution is 2.50. The van der Waals surface area contributed by atoms with Crippen molar-refractivity contribution in [3.8, 4) is 0 Å². The Labute approximate surface area is 115 Å². The summed E-state index contributed by atoms with van der Waals surface area (Å²) in [6, 6.07) is 0. The highest BCUT2D eigenvalue weighted by Gasteiger charge is 2.48. The van der Waals surface area contributed by atoms with Gasteiger partial charge in [-0.05, 0) is 43.9 Å². The summed E-state index contributed by atoms with van der Waals surface area (Å²) in [5.41, 5.74) is -0.115. The Bertz CT molecular complexity index is 372. The Balaban J connectivity index is 1.45. The number of carbonyl (C=O) groups is 1. The van der Waals surface area contributed by atoms with Gasteiger partial charge in [0.05, 0.1) is 12.2 Å². The van der Waals surface area contributed by atoms with Crippen molar-refractivity contribution in [1.82, 2.24) is 0 Å². The lowest BCUT2D eigenvalue weighted by Gasteiger charge is -2.38. The van der Waals surface area contributed by atoms with Crippen LogP contribution in [0.25, 0.3) is 0 Å². The summed E-state index contributed by atoms with van der Waals surface area (Å²) in [7, 11) is 0. The van der Waals surface area contributed by atoms with Gasteiger partial charge in [0.1, 0.15) is 5.78 Å². The zero-order valence-corrected chi connectivity index (χ0v) is 11.6. The van der Waals surface area contributed by atoms with Gasteiger partial charge in [-0.2, -0.15) is 0 Å². The SMILES string of the molecule is O=C(C1CCOC2(CCOC2)C1)C1CC2CCC1C2. The molecule has 0 aromatic carbocycles. The number of ether oxygens (including phenoxy) is 2. The number of rotatable bonds is 2. The second-order valence-electron chi connectivity index (χ2n) is 7.21. The predicted octanol–water partition coefficient (Wildman–Crippen LogP) is 2.58. The Morgan fingerprint density at radius 2 is 2.05 bits per heavy atom. The number of ketones is 1. The first kappa shape index (κ1) is 12.3. The quantitative estimate of drug-likeness (QED) is 0.769. The summed E-state index contributed by atoms with van der Waals surface area (Å²) >= 11 is 0. The largest absolute Gasteiger partial charge is 0.378 e. The maximum absolute atomic E-state index is 12.8. The molecule has 2 aliphatic heterocycles. The normalized spacial score (nSPS) is 49.1. The van der Waals surface area contributed by atoms with Gasteiger partial charge in [-0.3, -0.25) is 4.79 Å². The molecule has 106 valence electrons. The molecule has 2 saturated carbocycles. The molecular formula is C16H24O3. The van der Waals surface area contributed by atoms with Crippen LogP contribution in [0.4, 0.5) is 0 Å². The van der Waals surface area contributed by atoms with E-state index in [1.165, 1.54) is 25.7 Å². The third kappa shape index (κ3) is 2.06. The summed E-state index contributed by atoms with van der Waals surface area (Å²) in [6.07, 6.45) is 8.03. The van der Waals surface area contributed by atoms with Gasteiger partial charge in [0.15, 0.2) is 0 Å². The fraction of sp³-hybridized carbons (Fsp3) is 0.938. The molecule has 2 bridgehead atoms. The van der Waals surface area contributed by atoms with Crippen LogP contribution in [0.5, 0.6) is 0 Å². The average molecular weight is 264 g/mol. The van der Waals surface area contributed by atoms with Crippen molar-refractivity contribution in [1.29, 1.82) is 0 Å². The first-order valence-electron chi connectivity index (χ1n) is 8.01. The summed E-state index contributed by atoms with van der Waals surface area (Å²) in [5.74, 6) is 2.79. The van der Waals surface area contributed by atoms with Crippen LogP contribution in [0, 0.1) is 23.7 Å². The van der Waals surface area contributed by atoms with Crippen molar-refractivity contribution in [3.05, 3.63) is 0 Å². The van der Waals surface area contributed by atoms with Crippen LogP contribution in [-0.2, 0) is 14.3 Å². The smallest absolute Gasteiger partial charge is 0.139 e.